The molecule has 1 heterocycles. The van der Waals surface area contributed by atoms with Gasteiger partial charge in [0.25, 0.3) is 0 Å². The van der Waals surface area contributed by atoms with Gasteiger partial charge >= 0.3 is 0 Å². The second-order valence-corrected chi connectivity index (χ2v) is 3.95. The Kier molecular flexibility index (Phi) is 1.96. The molecule has 0 saturated carbocycles. The van der Waals surface area contributed by atoms with Crippen LogP contribution in [0.1, 0.15) is 28.2 Å². The molecule has 0 spiro atoms. The average molecular weight is 196 g/mol. The van der Waals surface area contributed by atoms with Crippen molar-refractivity contribution in [3.8, 4) is 0 Å². The number of aromatic nitrogens is 2. The molecule has 0 aliphatic rings. The highest BCUT2D eigenvalue weighted by Crippen LogP contribution is 2.18. The molecule has 2 aromatic rings. The van der Waals surface area contributed by atoms with Crippen LogP contribution in [0.3, 0.4) is 0 Å². The maximum Gasteiger partial charge on any atom is 0.175 e. The summed E-state index contributed by atoms with van der Waals surface area (Å²) in [6, 6.07) is 6.34. The molecule has 0 unspecified atom stereocenters. The summed E-state index contributed by atoms with van der Waals surface area (Å²) < 4.78 is 0.691. The Hall–Kier alpha value is -1.09. The van der Waals surface area contributed by atoms with Crippen molar-refractivity contribution in [1.82, 2.24) is 9.97 Å². The summed E-state index contributed by atoms with van der Waals surface area (Å²) in [4.78, 5) is 6.20. The molecule has 0 bridgehead atoms. The second kappa shape index (κ2) is 3.00. The van der Waals surface area contributed by atoms with Gasteiger partial charge in [-0.15, -0.1) is 0 Å². The summed E-state index contributed by atoms with van der Waals surface area (Å²) in [7, 11) is 0. The summed E-state index contributed by atoms with van der Waals surface area (Å²) in [5, 5.41) is 0. The zero-order chi connectivity index (χ0) is 9.42. The highest BCUT2D eigenvalue weighted by Gasteiger charge is 2.01. The van der Waals surface area contributed by atoms with E-state index in [1.807, 2.05) is 0 Å². The first-order chi connectivity index (χ1) is 6.16. The molecule has 0 amide bonds. The third-order valence-electron chi connectivity index (χ3n) is 2.21. The van der Waals surface area contributed by atoms with Gasteiger partial charge in [0.05, 0.1) is 11.0 Å². The Morgan fingerprint density at radius 3 is 2.62 bits per heavy atom. The molecule has 0 atom stereocenters. The van der Waals surface area contributed by atoms with E-state index in [9.17, 15) is 0 Å². The average Bonchev–Trinajstić information content (AvgIpc) is 2.42. The molecule has 0 fully saturated rings. The molecule has 0 saturated heterocycles. The van der Waals surface area contributed by atoms with Gasteiger partial charge in [-0.05, 0) is 35.8 Å². The molecular formula is C10H16N2S. The number of benzene rings is 1. The first-order valence-corrected chi connectivity index (χ1v) is 4.79. The van der Waals surface area contributed by atoms with Gasteiger partial charge in [0, 0.05) is 2.85 Å². The molecule has 0 aliphatic heterocycles. The van der Waals surface area contributed by atoms with Crippen LogP contribution in [0.2, 0.25) is 0 Å². The predicted octanol–water partition coefficient (Wildman–Crippen LogP) is 3.84. The van der Waals surface area contributed by atoms with Crippen LogP contribution in [-0.2, 0) is 0 Å². The van der Waals surface area contributed by atoms with Crippen LogP contribution in [-0.4, -0.2) is 9.97 Å². The van der Waals surface area contributed by atoms with E-state index in [0.29, 0.717) is 10.7 Å². The van der Waals surface area contributed by atoms with E-state index >= 15 is 0 Å². The first-order valence-electron chi connectivity index (χ1n) is 4.39. The molecule has 0 radical (unpaired) electrons. The van der Waals surface area contributed by atoms with Crippen LogP contribution < -0.4 is 0 Å². The standard InChI is InChI=1S/C10H12N2S.2H2/c1-6(2)7-3-4-8-9(5-7)12-10(13)11-8;;/h3-6H,1-2H3,(H2,11,12,13);2*1H. The quantitative estimate of drug-likeness (QED) is 0.667. The molecule has 1 aromatic carbocycles. The molecule has 3 heteroatoms. The van der Waals surface area contributed by atoms with Crippen molar-refractivity contribution in [1.29, 1.82) is 0 Å². The molecule has 2 nitrogen and oxygen atoms in total. The number of fused-ring (bicyclic) bond motifs is 1. The van der Waals surface area contributed by atoms with Crippen molar-refractivity contribution < 1.29 is 2.85 Å². The number of H-pyrrole nitrogens is 2. The van der Waals surface area contributed by atoms with Crippen molar-refractivity contribution in [3.63, 3.8) is 0 Å². The minimum atomic E-state index is 0. The fourth-order valence-electron chi connectivity index (χ4n) is 1.41. The van der Waals surface area contributed by atoms with Crippen molar-refractivity contribution in [2.45, 2.75) is 19.8 Å². The van der Waals surface area contributed by atoms with Crippen molar-refractivity contribution >= 4 is 23.3 Å². The zero-order valence-electron chi connectivity index (χ0n) is 7.72. The molecule has 2 N–H and O–H groups in total. The van der Waals surface area contributed by atoms with E-state index in [4.69, 9.17) is 12.2 Å². The number of aromatic amines is 2. The lowest BCUT2D eigenvalue weighted by molar-refractivity contribution is 0.868. The maximum atomic E-state index is 5.01. The summed E-state index contributed by atoms with van der Waals surface area (Å²) >= 11 is 5.01. The number of nitrogens with one attached hydrogen (secondary N) is 2. The van der Waals surface area contributed by atoms with E-state index in [-0.39, 0.29) is 2.85 Å². The van der Waals surface area contributed by atoms with Crippen LogP contribution in [0.15, 0.2) is 18.2 Å². The van der Waals surface area contributed by atoms with Gasteiger partial charge < -0.3 is 9.97 Å². The maximum absolute atomic E-state index is 5.01. The Morgan fingerprint density at radius 2 is 1.92 bits per heavy atom. The predicted molar refractivity (Wildman–Crippen MR) is 61.8 cm³/mol. The Labute approximate surface area is 85.0 Å². The van der Waals surface area contributed by atoms with Crippen LogP contribution in [0.5, 0.6) is 0 Å². The number of imidazole rings is 1. The Morgan fingerprint density at radius 1 is 1.23 bits per heavy atom. The van der Waals surface area contributed by atoms with Crippen LogP contribution in [0.4, 0.5) is 0 Å². The van der Waals surface area contributed by atoms with Crippen LogP contribution in [0, 0.1) is 4.77 Å². The van der Waals surface area contributed by atoms with Crippen molar-refractivity contribution in [3.05, 3.63) is 28.5 Å². The summed E-state index contributed by atoms with van der Waals surface area (Å²) in [6.07, 6.45) is 0. The van der Waals surface area contributed by atoms with Gasteiger partial charge in [-0.25, -0.2) is 0 Å². The monoisotopic (exact) mass is 196 g/mol. The van der Waals surface area contributed by atoms with Gasteiger partial charge in [0.2, 0.25) is 0 Å². The third kappa shape index (κ3) is 1.52. The van der Waals surface area contributed by atoms with Crippen molar-refractivity contribution in [2.24, 2.45) is 0 Å². The second-order valence-electron chi connectivity index (χ2n) is 3.54. The van der Waals surface area contributed by atoms with Gasteiger partial charge in [0.1, 0.15) is 0 Å². The molecule has 2 rings (SSSR count). The topological polar surface area (TPSA) is 31.6 Å². The highest BCUT2D eigenvalue weighted by atomic mass is 32.1. The summed E-state index contributed by atoms with van der Waals surface area (Å²) in [5.41, 5.74) is 3.50. The van der Waals surface area contributed by atoms with Gasteiger partial charge in [-0.2, -0.15) is 0 Å². The summed E-state index contributed by atoms with van der Waals surface area (Å²) in [6.45, 7) is 4.37. The number of hydrogen-bond donors (Lipinski definition) is 2. The lowest BCUT2D eigenvalue weighted by atomic mass is 10.0. The van der Waals surface area contributed by atoms with Crippen molar-refractivity contribution in [2.75, 3.05) is 0 Å². The van der Waals surface area contributed by atoms with E-state index in [0.717, 1.165) is 11.0 Å². The summed E-state index contributed by atoms with van der Waals surface area (Å²) in [5.74, 6) is 0.557. The van der Waals surface area contributed by atoms with Gasteiger partial charge in [-0.3, -0.25) is 0 Å². The molecular weight excluding hydrogens is 180 g/mol. The minimum absolute atomic E-state index is 0. The highest BCUT2D eigenvalue weighted by molar-refractivity contribution is 7.71. The minimum Gasteiger partial charge on any atom is -0.331 e. The van der Waals surface area contributed by atoms with E-state index in [2.05, 4.69) is 42.0 Å². The van der Waals surface area contributed by atoms with E-state index < -0.39 is 0 Å². The Balaban J connectivity index is 0.000000980. The smallest absolute Gasteiger partial charge is 0.175 e. The largest absolute Gasteiger partial charge is 0.331 e. The van der Waals surface area contributed by atoms with Gasteiger partial charge in [-0.1, -0.05) is 19.9 Å². The third-order valence-corrected chi connectivity index (χ3v) is 2.41. The molecule has 0 aliphatic carbocycles. The normalized spacial score (nSPS) is 11.3. The lowest BCUT2D eigenvalue weighted by Crippen LogP contribution is -1.85. The zero-order valence-corrected chi connectivity index (χ0v) is 8.53. The van der Waals surface area contributed by atoms with E-state index in [1.165, 1.54) is 5.56 Å². The van der Waals surface area contributed by atoms with Gasteiger partial charge in [0.15, 0.2) is 4.77 Å². The van der Waals surface area contributed by atoms with Crippen LogP contribution >= 0.6 is 12.2 Å². The van der Waals surface area contributed by atoms with Crippen LogP contribution in [0.25, 0.3) is 11.0 Å². The molecule has 72 valence electrons. The van der Waals surface area contributed by atoms with E-state index in [1.54, 1.807) is 0 Å². The number of rotatable bonds is 1. The first kappa shape index (κ1) is 8.51. The SMILES string of the molecule is CC(C)c1ccc2[nH]c(=S)[nH]c2c1.[HH].[HH]. The number of hydrogen-bond acceptors (Lipinski definition) is 1. The lowest BCUT2D eigenvalue weighted by Gasteiger charge is -2.03. The fraction of sp³-hybridized carbons (Fsp3) is 0.300. The Bertz CT molecular complexity index is 487. The molecule has 13 heavy (non-hydrogen) atoms. The molecule has 1 aromatic heterocycles. The fourth-order valence-corrected chi connectivity index (χ4v) is 1.63.